The van der Waals surface area contributed by atoms with E-state index < -0.39 is 0 Å². The van der Waals surface area contributed by atoms with E-state index in [9.17, 15) is 4.79 Å². The molecule has 6 bridgehead atoms. The molecule has 74 valence electrons. The first kappa shape index (κ1) is 7.43. The van der Waals surface area contributed by atoms with Crippen LogP contribution in [0.5, 0.6) is 0 Å². The number of carbonyl (C=O) groups excluding carboxylic acids is 1. The van der Waals surface area contributed by atoms with E-state index in [0.29, 0.717) is 27.9 Å². The van der Waals surface area contributed by atoms with Crippen molar-refractivity contribution in [2.45, 2.75) is 18.2 Å². The number of Topliss-reactive ketones (excluding diaryl/α,β-unsaturated/α-hetero) is 1. The molecule has 6 saturated carbocycles. The highest BCUT2D eigenvalue weighted by Gasteiger charge is 2.87. The monoisotopic (exact) mass is 252 g/mol. The second-order valence-electron chi connectivity index (χ2n) is 6.42. The predicted octanol–water partition coefficient (Wildman–Crippen LogP) is 2.10. The van der Waals surface area contributed by atoms with Crippen molar-refractivity contribution in [3.8, 4) is 0 Å². The van der Waals surface area contributed by atoms with Gasteiger partial charge in [-0.1, -0.05) is 22.9 Å². The Morgan fingerprint density at radius 2 is 2.14 bits per heavy atom. The molecule has 6 aliphatic rings. The van der Waals surface area contributed by atoms with Crippen LogP contribution in [0.1, 0.15) is 13.3 Å². The molecule has 0 aliphatic heterocycles. The molecule has 0 aromatic rings. The van der Waals surface area contributed by atoms with Crippen molar-refractivity contribution in [3.05, 3.63) is 0 Å². The number of rotatable bonds is 0. The van der Waals surface area contributed by atoms with Crippen molar-refractivity contribution in [3.63, 3.8) is 0 Å². The fourth-order valence-corrected chi connectivity index (χ4v) is 8.05. The quantitative estimate of drug-likeness (QED) is 0.604. The van der Waals surface area contributed by atoms with Gasteiger partial charge in [-0.3, -0.25) is 4.79 Å². The first-order chi connectivity index (χ1) is 6.67. The highest BCUT2D eigenvalue weighted by atomic mass is 79.9. The molecule has 0 N–H and O–H groups in total. The van der Waals surface area contributed by atoms with Gasteiger partial charge in [-0.05, 0) is 41.4 Å². The summed E-state index contributed by atoms with van der Waals surface area (Å²) in [6.45, 7) is 2.40. The van der Waals surface area contributed by atoms with E-state index in [2.05, 4.69) is 22.9 Å². The minimum atomic E-state index is 0.370. The van der Waals surface area contributed by atoms with Gasteiger partial charge in [0.1, 0.15) is 5.78 Å². The lowest BCUT2D eigenvalue weighted by Gasteiger charge is -2.38. The molecule has 0 unspecified atom stereocenters. The summed E-state index contributed by atoms with van der Waals surface area (Å²) in [5, 5.41) is 0. The maximum atomic E-state index is 12.2. The molecule has 6 aliphatic carbocycles. The Balaban J connectivity index is 1.92. The fourth-order valence-electron chi connectivity index (χ4n) is 6.72. The van der Waals surface area contributed by atoms with Crippen molar-refractivity contribution >= 4 is 21.7 Å². The van der Waals surface area contributed by atoms with Crippen molar-refractivity contribution in [1.29, 1.82) is 0 Å². The zero-order valence-corrected chi connectivity index (χ0v) is 9.70. The lowest BCUT2D eigenvalue weighted by atomic mass is 9.64. The van der Waals surface area contributed by atoms with E-state index in [-0.39, 0.29) is 0 Å². The average Bonchev–Trinajstić information content (AvgIpc) is 2.81. The van der Waals surface area contributed by atoms with Gasteiger partial charge < -0.3 is 0 Å². The number of halogens is 1. The van der Waals surface area contributed by atoms with E-state index >= 15 is 0 Å². The third-order valence-electron chi connectivity index (χ3n) is 6.63. The van der Waals surface area contributed by atoms with Crippen molar-refractivity contribution < 1.29 is 4.79 Å². The zero-order valence-electron chi connectivity index (χ0n) is 8.11. The van der Waals surface area contributed by atoms with Crippen LogP contribution in [-0.4, -0.2) is 10.6 Å². The molecular weight excluding hydrogens is 240 g/mol. The SMILES string of the molecule is C[C@@]12[C@@H]3[C@H]4C[C@@H]5[C@H]3C(=O)[C@@H]1[C@@H]5[C@@H]4[C@H]2Br. The standard InChI is InChI=1S/C12H13BrO/c1-12-8-4-2-3-5(6(4)11(12)13)9(12)10(14)7(3)8/h3-9,11H,2H2,1H3/t3-,4-,5-,6+,7+,8+,9-,11+,12+/m0/s1. The number of carbonyl (C=O) groups is 1. The molecule has 0 saturated heterocycles. The summed E-state index contributed by atoms with van der Waals surface area (Å²) in [5.41, 5.74) is 0.370. The van der Waals surface area contributed by atoms with Crippen LogP contribution in [0, 0.1) is 46.8 Å². The fraction of sp³-hybridized carbons (Fsp3) is 0.917. The first-order valence-electron chi connectivity index (χ1n) is 5.85. The van der Waals surface area contributed by atoms with Gasteiger partial charge in [-0.25, -0.2) is 0 Å². The van der Waals surface area contributed by atoms with Gasteiger partial charge >= 0.3 is 0 Å². The zero-order chi connectivity index (χ0) is 9.40. The molecular formula is C12H13BrO. The first-order valence-corrected chi connectivity index (χ1v) is 6.76. The van der Waals surface area contributed by atoms with Crippen LogP contribution in [0.25, 0.3) is 0 Å². The molecule has 9 atom stereocenters. The van der Waals surface area contributed by atoms with Gasteiger partial charge in [0.05, 0.1) is 0 Å². The van der Waals surface area contributed by atoms with Crippen LogP contribution in [0.15, 0.2) is 0 Å². The minimum Gasteiger partial charge on any atom is -0.299 e. The Morgan fingerprint density at radius 1 is 1.36 bits per heavy atom. The Hall–Kier alpha value is 0.150. The summed E-state index contributed by atoms with van der Waals surface area (Å²) < 4.78 is 0. The Bertz CT molecular complexity index is 390. The number of hydrogen-bond donors (Lipinski definition) is 0. The minimum absolute atomic E-state index is 0.370. The molecule has 0 aromatic carbocycles. The van der Waals surface area contributed by atoms with Gasteiger partial charge in [0.15, 0.2) is 0 Å². The summed E-state index contributed by atoms with van der Waals surface area (Å²) in [6.07, 6.45) is 1.39. The lowest BCUT2D eigenvalue weighted by Crippen LogP contribution is -2.37. The Labute approximate surface area is 91.8 Å². The third kappa shape index (κ3) is 0.391. The van der Waals surface area contributed by atoms with Crippen LogP contribution in [0.2, 0.25) is 0 Å². The molecule has 0 radical (unpaired) electrons. The molecule has 2 heteroatoms. The van der Waals surface area contributed by atoms with Gasteiger partial charge in [0.2, 0.25) is 0 Å². The van der Waals surface area contributed by atoms with Crippen LogP contribution >= 0.6 is 15.9 Å². The van der Waals surface area contributed by atoms with E-state index in [0.717, 1.165) is 29.6 Å². The number of ketones is 1. The molecule has 14 heavy (non-hydrogen) atoms. The topological polar surface area (TPSA) is 17.1 Å². The van der Waals surface area contributed by atoms with Crippen molar-refractivity contribution in [1.82, 2.24) is 0 Å². The molecule has 1 nitrogen and oxygen atoms in total. The van der Waals surface area contributed by atoms with Crippen LogP contribution in [0.4, 0.5) is 0 Å². The predicted molar refractivity (Wildman–Crippen MR) is 54.9 cm³/mol. The Kier molecular flexibility index (Phi) is 0.883. The van der Waals surface area contributed by atoms with Gasteiger partial charge in [0, 0.05) is 16.7 Å². The lowest BCUT2D eigenvalue weighted by molar-refractivity contribution is -0.122. The molecule has 6 fully saturated rings. The average molecular weight is 253 g/mol. The molecule has 0 amide bonds. The summed E-state index contributed by atoms with van der Waals surface area (Å²) in [5.74, 6) is 5.85. The largest absolute Gasteiger partial charge is 0.299 e. The van der Waals surface area contributed by atoms with Gasteiger partial charge in [-0.15, -0.1) is 0 Å². The second kappa shape index (κ2) is 1.66. The van der Waals surface area contributed by atoms with E-state index in [1.807, 2.05) is 0 Å². The van der Waals surface area contributed by atoms with E-state index in [1.54, 1.807) is 0 Å². The smallest absolute Gasteiger partial charge is 0.140 e. The summed E-state index contributed by atoms with van der Waals surface area (Å²) in [4.78, 5) is 12.9. The molecule has 6 rings (SSSR count). The number of alkyl halides is 1. The van der Waals surface area contributed by atoms with Crippen LogP contribution in [-0.2, 0) is 4.79 Å². The normalized spacial score (nSPS) is 80.3. The van der Waals surface area contributed by atoms with E-state index in [1.165, 1.54) is 6.42 Å². The highest BCUT2D eigenvalue weighted by molar-refractivity contribution is 9.09. The molecule has 0 aromatic heterocycles. The van der Waals surface area contributed by atoms with Gasteiger partial charge in [-0.2, -0.15) is 0 Å². The summed E-state index contributed by atoms with van der Waals surface area (Å²) in [6, 6.07) is 0. The maximum Gasteiger partial charge on any atom is 0.140 e. The molecule has 0 heterocycles. The third-order valence-corrected chi connectivity index (χ3v) is 8.22. The van der Waals surface area contributed by atoms with Crippen LogP contribution in [0.3, 0.4) is 0 Å². The van der Waals surface area contributed by atoms with E-state index in [4.69, 9.17) is 0 Å². The summed E-state index contributed by atoms with van der Waals surface area (Å²) >= 11 is 3.92. The Morgan fingerprint density at radius 3 is 2.86 bits per heavy atom. The van der Waals surface area contributed by atoms with Crippen molar-refractivity contribution in [2.75, 3.05) is 0 Å². The number of hydrogen-bond acceptors (Lipinski definition) is 1. The van der Waals surface area contributed by atoms with Crippen molar-refractivity contribution in [2.24, 2.45) is 46.8 Å². The van der Waals surface area contributed by atoms with Crippen LogP contribution < -0.4 is 0 Å². The van der Waals surface area contributed by atoms with Gasteiger partial charge in [0.25, 0.3) is 0 Å². The molecule has 0 spiro atoms. The summed E-state index contributed by atoms with van der Waals surface area (Å²) in [7, 11) is 0. The second-order valence-corrected chi connectivity index (χ2v) is 7.40. The maximum absolute atomic E-state index is 12.2. The highest BCUT2D eigenvalue weighted by Crippen LogP contribution is 2.86.